The molecule has 1 fully saturated rings. The largest absolute Gasteiger partial charge is 0.350 e. The topological polar surface area (TPSA) is 87.2 Å². The number of nitrogens with zero attached hydrogens (tertiary/aromatic N) is 3. The lowest BCUT2D eigenvalue weighted by Crippen LogP contribution is -2.55. The highest BCUT2D eigenvalue weighted by molar-refractivity contribution is 7.13. The zero-order chi connectivity index (χ0) is 21.9. The highest BCUT2D eigenvalue weighted by Crippen LogP contribution is 2.26. The zero-order valence-electron chi connectivity index (χ0n) is 18.4. The maximum atomic E-state index is 13.1. The van der Waals surface area contributed by atoms with Crippen LogP contribution in [0.2, 0.25) is 0 Å². The summed E-state index contributed by atoms with van der Waals surface area (Å²) in [5.41, 5.74) is 4.37. The van der Waals surface area contributed by atoms with Gasteiger partial charge in [0.05, 0.1) is 27.8 Å². The third-order valence-corrected chi connectivity index (χ3v) is 6.46. The fourth-order valence-electron chi connectivity index (χ4n) is 3.91. The van der Waals surface area contributed by atoms with Gasteiger partial charge in [-0.3, -0.25) is 14.6 Å². The molecule has 0 aliphatic carbocycles. The molecule has 3 rings (SSSR count). The SMILES string of the molecule is CNC(C(=O)N1CCCC1C(=O)NCc1ccc(-c2scnc2C)nc1)C(C)(C)C. The molecule has 0 bridgehead atoms. The third-order valence-electron chi connectivity index (χ3n) is 5.51. The summed E-state index contributed by atoms with van der Waals surface area (Å²) in [6.45, 7) is 9.07. The Kier molecular flexibility index (Phi) is 6.88. The van der Waals surface area contributed by atoms with Crippen LogP contribution in [0.5, 0.6) is 0 Å². The van der Waals surface area contributed by atoms with E-state index in [0.29, 0.717) is 19.5 Å². The minimum atomic E-state index is -0.414. The Morgan fingerprint density at radius 2 is 2.07 bits per heavy atom. The van der Waals surface area contributed by atoms with E-state index in [1.807, 2.05) is 45.3 Å². The number of aryl methyl sites for hydroxylation is 1. The molecule has 0 aromatic carbocycles. The van der Waals surface area contributed by atoms with Crippen molar-refractivity contribution in [1.82, 2.24) is 25.5 Å². The molecule has 2 atom stereocenters. The van der Waals surface area contributed by atoms with Crippen LogP contribution in [0.1, 0.15) is 44.9 Å². The van der Waals surface area contributed by atoms with Crippen LogP contribution in [0.25, 0.3) is 10.6 Å². The number of likely N-dealkylation sites (N-methyl/N-ethyl adjacent to an activating group) is 1. The van der Waals surface area contributed by atoms with E-state index in [0.717, 1.165) is 28.2 Å². The van der Waals surface area contributed by atoms with E-state index in [2.05, 4.69) is 20.6 Å². The maximum absolute atomic E-state index is 13.1. The second-order valence-corrected chi connectivity index (χ2v) is 9.67. The van der Waals surface area contributed by atoms with E-state index in [-0.39, 0.29) is 23.3 Å². The molecule has 1 aliphatic rings. The Balaban J connectivity index is 1.61. The zero-order valence-corrected chi connectivity index (χ0v) is 19.2. The summed E-state index contributed by atoms with van der Waals surface area (Å²) in [6.07, 6.45) is 3.32. The average molecular weight is 430 g/mol. The summed E-state index contributed by atoms with van der Waals surface area (Å²) in [5, 5.41) is 6.11. The number of hydrogen-bond acceptors (Lipinski definition) is 6. The van der Waals surface area contributed by atoms with Gasteiger partial charge in [-0.25, -0.2) is 4.98 Å². The number of thiazole rings is 1. The molecule has 7 nitrogen and oxygen atoms in total. The van der Waals surface area contributed by atoms with E-state index < -0.39 is 6.04 Å². The lowest BCUT2D eigenvalue weighted by molar-refractivity contribution is -0.142. The monoisotopic (exact) mass is 429 g/mol. The first-order valence-corrected chi connectivity index (χ1v) is 11.2. The van der Waals surface area contributed by atoms with Gasteiger partial charge in [0.2, 0.25) is 11.8 Å². The Hall–Kier alpha value is -2.32. The molecular formula is C22H31N5O2S. The summed E-state index contributed by atoms with van der Waals surface area (Å²) >= 11 is 1.57. The highest BCUT2D eigenvalue weighted by Gasteiger charge is 2.40. The number of pyridine rings is 1. The second-order valence-electron chi connectivity index (χ2n) is 8.81. The molecule has 2 aromatic heterocycles. The van der Waals surface area contributed by atoms with Crippen LogP contribution in [-0.2, 0) is 16.1 Å². The number of carbonyl (C=O) groups is 2. The fourth-order valence-corrected chi connectivity index (χ4v) is 4.69. The van der Waals surface area contributed by atoms with Crippen molar-refractivity contribution in [3.8, 4) is 10.6 Å². The van der Waals surface area contributed by atoms with E-state index in [1.165, 1.54) is 0 Å². The van der Waals surface area contributed by atoms with Gasteiger partial charge in [0.15, 0.2) is 0 Å². The molecule has 1 saturated heterocycles. The summed E-state index contributed by atoms with van der Waals surface area (Å²) in [5.74, 6) is -0.111. The maximum Gasteiger partial charge on any atom is 0.243 e. The van der Waals surface area contributed by atoms with Gasteiger partial charge in [-0.15, -0.1) is 11.3 Å². The molecular weight excluding hydrogens is 398 g/mol. The van der Waals surface area contributed by atoms with Gasteiger partial charge >= 0.3 is 0 Å². The van der Waals surface area contributed by atoms with E-state index in [1.54, 1.807) is 29.5 Å². The second kappa shape index (κ2) is 9.22. The van der Waals surface area contributed by atoms with Crippen molar-refractivity contribution >= 4 is 23.2 Å². The number of carbonyl (C=O) groups excluding carboxylic acids is 2. The lowest BCUT2D eigenvalue weighted by atomic mass is 9.86. The summed E-state index contributed by atoms with van der Waals surface area (Å²) < 4.78 is 0. The summed E-state index contributed by atoms with van der Waals surface area (Å²) in [4.78, 5) is 37.5. The van der Waals surface area contributed by atoms with Crippen LogP contribution in [0.4, 0.5) is 0 Å². The molecule has 0 saturated carbocycles. The number of hydrogen-bond donors (Lipinski definition) is 2. The van der Waals surface area contributed by atoms with Crippen molar-refractivity contribution in [2.45, 2.75) is 59.2 Å². The molecule has 0 spiro atoms. The van der Waals surface area contributed by atoms with Crippen molar-refractivity contribution in [3.05, 3.63) is 35.1 Å². The number of rotatable bonds is 6. The molecule has 1 aliphatic heterocycles. The first kappa shape index (κ1) is 22.4. The minimum Gasteiger partial charge on any atom is -0.350 e. The van der Waals surface area contributed by atoms with Gasteiger partial charge in [0.1, 0.15) is 6.04 Å². The molecule has 2 amide bonds. The normalized spacial score (nSPS) is 17.8. The van der Waals surface area contributed by atoms with Crippen molar-refractivity contribution in [3.63, 3.8) is 0 Å². The van der Waals surface area contributed by atoms with Gasteiger partial charge in [-0.1, -0.05) is 26.8 Å². The number of aromatic nitrogens is 2. The van der Waals surface area contributed by atoms with Crippen LogP contribution < -0.4 is 10.6 Å². The van der Waals surface area contributed by atoms with Crippen LogP contribution in [0.3, 0.4) is 0 Å². The van der Waals surface area contributed by atoms with Crippen molar-refractivity contribution < 1.29 is 9.59 Å². The Morgan fingerprint density at radius 1 is 1.30 bits per heavy atom. The fraction of sp³-hybridized carbons (Fsp3) is 0.545. The van der Waals surface area contributed by atoms with Gasteiger partial charge in [0, 0.05) is 19.3 Å². The van der Waals surface area contributed by atoms with Crippen molar-refractivity contribution in [2.75, 3.05) is 13.6 Å². The molecule has 0 radical (unpaired) electrons. The van der Waals surface area contributed by atoms with Gasteiger partial charge < -0.3 is 15.5 Å². The summed E-state index contributed by atoms with van der Waals surface area (Å²) in [6, 6.07) is 3.19. The molecule has 30 heavy (non-hydrogen) atoms. The molecule has 8 heteroatoms. The number of likely N-dealkylation sites (tertiary alicyclic amines) is 1. The predicted molar refractivity (Wildman–Crippen MR) is 119 cm³/mol. The standard InChI is InChI=1S/C22H31N5O2S/c1-14-18(30-13-26-14)16-9-8-15(11-24-16)12-25-20(28)17-7-6-10-27(17)21(29)19(23-5)22(2,3)4/h8-9,11,13,17,19,23H,6-7,10,12H2,1-5H3,(H,25,28). The van der Waals surface area contributed by atoms with Crippen LogP contribution in [0.15, 0.2) is 23.8 Å². The Labute approximate surface area is 182 Å². The van der Waals surface area contributed by atoms with Crippen LogP contribution >= 0.6 is 11.3 Å². The van der Waals surface area contributed by atoms with Crippen LogP contribution in [0, 0.1) is 12.3 Å². The summed E-state index contributed by atoms with van der Waals surface area (Å²) in [7, 11) is 1.80. The van der Waals surface area contributed by atoms with Gasteiger partial charge in [-0.2, -0.15) is 0 Å². The minimum absolute atomic E-state index is 0.00593. The molecule has 2 aromatic rings. The number of amides is 2. The van der Waals surface area contributed by atoms with Gasteiger partial charge in [0.25, 0.3) is 0 Å². The van der Waals surface area contributed by atoms with Gasteiger partial charge in [-0.05, 0) is 43.9 Å². The molecule has 3 heterocycles. The molecule has 2 unspecified atom stereocenters. The highest BCUT2D eigenvalue weighted by atomic mass is 32.1. The first-order chi connectivity index (χ1) is 14.2. The molecule has 162 valence electrons. The Bertz CT molecular complexity index is 888. The lowest BCUT2D eigenvalue weighted by Gasteiger charge is -2.34. The van der Waals surface area contributed by atoms with E-state index in [4.69, 9.17) is 0 Å². The van der Waals surface area contributed by atoms with Crippen molar-refractivity contribution in [1.29, 1.82) is 0 Å². The smallest absolute Gasteiger partial charge is 0.243 e. The first-order valence-electron chi connectivity index (χ1n) is 10.3. The third kappa shape index (κ3) is 4.87. The Morgan fingerprint density at radius 3 is 2.63 bits per heavy atom. The van der Waals surface area contributed by atoms with E-state index in [9.17, 15) is 9.59 Å². The quantitative estimate of drug-likeness (QED) is 0.737. The van der Waals surface area contributed by atoms with E-state index >= 15 is 0 Å². The number of nitrogens with one attached hydrogen (secondary N) is 2. The molecule has 2 N–H and O–H groups in total. The average Bonchev–Trinajstić information content (AvgIpc) is 3.35. The predicted octanol–water partition coefficient (Wildman–Crippen LogP) is 2.75. The van der Waals surface area contributed by atoms with Crippen molar-refractivity contribution in [2.24, 2.45) is 5.41 Å². The van der Waals surface area contributed by atoms with Crippen LogP contribution in [-0.4, -0.2) is 52.4 Å².